The van der Waals surface area contributed by atoms with E-state index in [9.17, 15) is 4.79 Å². The van der Waals surface area contributed by atoms with Crippen molar-refractivity contribution in [2.45, 2.75) is 25.4 Å². The van der Waals surface area contributed by atoms with E-state index >= 15 is 0 Å². The molecule has 22 heavy (non-hydrogen) atoms. The van der Waals surface area contributed by atoms with E-state index in [0.717, 1.165) is 18.5 Å². The van der Waals surface area contributed by atoms with Crippen LogP contribution >= 0.6 is 11.5 Å². The summed E-state index contributed by atoms with van der Waals surface area (Å²) >= 11 is 1.22. The highest BCUT2D eigenvalue weighted by atomic mass is 32.1. The topological polar surface area (TPSA) is 51.0 Å². The van der Waals surface area contributed by atoms with Crippen molar-refractivity contribution < 1.29 is 4.79 Å². The predicted molar refractivity (Wildman–Crippen MR) is 85.7 cm³/mol. The van der Waals surface area contributed by atoms with E-state index in [-0.39, 0.29) is 5.91 Å². The fraction of sp³-hybridized carbons (Fsp3) is 0.312. The number of carbonyl (C=O) groups excluding carboxylic acids is 1. The summed E-state index contributed by atoms with van der Waals surface area (Å²) in [6.45, 7) is 0.617. The Kier molecular flexibility index (Phi) is 3.18. The van der Waals surface area contributed by atoms with Gasteiger partial charge in [0.05, 0.1) is 6.54 Å². The van der Waals surface area contributed by atoms with Crippen molar-refractivity contribution in [1.82, 2.24) is 19.1 Å². The molecule has 2 heterocycles. The number of fused-ring (bicyclic) bond motifs is 1. The smallest absolute Gasteiger partial charge is 0.275 e. The third kappa shape index (κ3) is 2.29. The van der Waals surface area contributed by atoms with Gasteiger partial charge in [0.15, 0.2) is 5.69 Å². The summed E-state index contributed by atoms with van der Waals surface area (Å²) < 4.78 is 5.97. The number of carbonyl (C=O) groups is 1. The summed E-state index contributed by atoms with van der Waals surface area (Å²) in [7, 11) is 2.05. The second-order valence-electron chi connectivity index (χ2n) is 5.71. The van der Waals surface area contributed by atoms with Crippen LogP contribution in [0.25, 0.3) is 10.9 Å². The molecule has 4 rings (SSSR count). The van der Waals surface area contributed by atoms with E-state index in [1.165, 1.54) is 22.4 Å². The molecule has 112 valence electrons. The van der Waals surface area contributed by atoms with Crippen molar-refractivity contribution in [2.75, 3.05) is 0 Å². The molecule has 6 heteroatoms. The van der Waals surface area contributed by atoms with Gasteiger partial charge < -0.3 is 9.47 Å². The molecular weight excluding hydrogens is 296 g/mol. The van der Waals surface area contributed by atoms with Crippen LogP contribution in [-0.2, 0) is 13.6 Å². The molecule has 0 spiro atoms. The fourth-order valence-electron chi connectivity index (χ4n) is 2.83. The number of hydrogen-bond donors (Lipinski definition) is 0. The lowest BCUT2D eigenvalue weighted by molar-refractivity contribution is 0.0720. The number of aryl methyl sites for hydroxylation is 1. The number of benzene rings is 1. The van der Waals surface area contributed by atoms with Crippen LogP contribution in [0.2, 0.25) is 0 Å². The summed E-state index contributed by atoms with van der Waals surface area (Å²) in [4.78, 5) is 14.6. The number of hydrogen-bond acceptors (Lipinski definition) is 4. The Morgan fingerprint density at radius 3 is 2.91 bits per heavy atom. The van der Waals surface area contributed by atoms with Gasteiger partial charge in [-0.05, 0) is 41.9 Å². The first-order chi connectivity index (χ1) is 10.7. The van der Waals surface area contributed by atoms with Crippen LogP contribution in [0.4, 0.5) is 0 Å². The number of amides is 1. The van der Waals surface area contributed by atoms with Crippen molar-refractivity contribution in [3.8, 4) is 0 Å². The summed E-state index contributed by atoms with van der Waals surface area (Å²) in [5, 5.41) is 6.85. The van der Waals surface area contributed by atoms with E-state index in [1.807, 2.05) is 17.0 Å². The van der Waals surface area contributed by atoms with Gasteiger partial charge in [-0.15, -0.1) is 5.10 Å². The zero-order valence-corrected chi connectivity index (χ0v) is 13.1. The zero-order valence-electron chi connectivity index (χ0n) is 12.3. The second-order valence-corrected chi connectivity index (χ2v) is 6.32. The fourth-order valence-corrected chi connectivity index (χ4v) is 3.26. The third-order valence-electron chi connectivity index (χ3n) is 4.21. The molecule has 1 aliphatic carbocycles. The molecule has 1 amide bonds. The minimum atomic E-state index is -0.0125. The molecule has 3 aromatic rings. The van der Waals surface area contributed by atoms with E-state index in [1.54, 1.807) is 5.38 Å². The van der Waals surface area contributed by atoms with Crippen LogP contribution < -0.4 is 0 Å². The Labute approximate surface area is 132 Å². The first-order valence-corrected chi connectivity index (χ1v) is 8.19. The van der Waals surface area contributed by atoms with Gasteiger partial charge in [-0.25, -0.2) is 0 Å². The predicted octanol–water partition coefficient (Wildman–Crippen LogP) is 2.83. The Morgan fingerprint density at radius 1 is 1.41 bits per heavy atom. The molecule has 2 aromatic heterocycles. The molecule has 1 aromatic carbocycles. The van der Waals surface area contributed by atoms with Gasteiger partial charge in [-0.3, -0.25) is 4.79 Å². The van der Waals surface area contributed by atoms with E-state index in [0.29, 0.717) is 18.3 Å². The Balaban J connectivity index is 1.66. The number of aromatic nitrogens is 3. The molecule has 0 bridgehead atoms. The molecule has 1 saturated carbocycles. The minimum absolute atomic E-state index is 0.0125. The summed E-state index contributed by atoms with van der Waals surface area (Å²) in [6, 6.07) is 10.8. The van der Waals surface area contributed by atoms with Crippen molar-refractivity contribution in [1.29, 1.82) is 0 Å². The van der Waals surface area contributed by atoms with Crippen LogP contribution in [0, 0.1) is 0 Å². The number of rotatable bonds is 4. The maximum atomic E-state index is 12.6. The minimum Gasteiger partial charge on any atom is -0.346 e. The molecule has 5 nitrogen and oxygen atoms in total. The van der Waals surface area contributed by atoms with Crippen LogP contribution in [0.15, 0.2) is 35.7 Å². The number of nitrogens with zero attached hydrogens (tertiary/aromatic N) is 4. The molecule has 1 fully saturated rings. The maximum absolute atomic E-state index is 12.6. The van der Waals surface area contributed by atoms with Gasteiger partial charge in [0.1, 0.15) is 0 Å². The molecule has 0 aliphatic heterocycles. The van der Waals surface area contributed by atoms with Crippen molar-refractivity contribution >= 4 is 28.3 Å². The van der Waals surface area contributed by atoms with Gasteiger partial charge in [0.2, 0.25) is 0 Å². The SMILES string of the molecule is Cn1c(CN(C(=O)c2csnn2)C2CC2)cc2ccccc21. The van der Waals surface area contributed by atoms with Gasteiger partial charge in [-0.2, -0.15) is 0 Å². The number of para-hydroxylation sites is 1. The van der Waals surface area contributed by atoms with E-state index in [2.05, 4.69) is 39.4 Å². The molecule has 0 N–H and O–H groups in total. The monoisotopic (exact) mass is 312 g/mol. The van der Waals surface area contributed by atoms with Gasteiger partial charge in [-0.1, -0.05) is 22.7 Å². The Bertz CT molecular complexity index is 820. The highest BCUT2D eigenvalue weighted by Crippen LogP contribution is 2.30. The molecular formula is C16H16N4OS. The first-order valence-electron chi connectivity index (χ1n) is 7.35. The maximum Gasteiger partial charge on any atom is 0.275 e. The van der Waals surface area contributed by atoms with Gasteiger partial charge in [0.25, 0.3) is 5.91 Å². The van der Waals surface area contributed by atoms with Crippen molar-refractivity contribution in [3.05, 3.63) is 47.1 Å². The standard InChI is InChI=1S/C16H16N4OS/c1-19-13(8-11-4-2-3-5-15(11)19)9-20(12-6-7-12)16(21)14-10-22-18-17-14/h2-5,8,10,12H,6-7,9H2,1H3. The summed E-state index contributed by atoms with van der Waals surface area (Å²) in [5.74, 6) is -0.0125. The quantitative estimate of drug-likeness (QED) is 0.744. The van der Waals surface area contributed by atoms with E-state index < -0.39 is 0 Å². The lowest BCUT2D eigenvalue weighted by Crippen LogP contribution is -2.33. The summed E-state index contributed by atoms with van der Waals surface area (Å²) in [6.07, 6.45) is 2.15. The van der Waals surface area contributed by atoms with Crippen molar-refractivity contribution in [2.24, 2.45) is 7.05 Å². The zero-order chi connectivity index (χ0) is 15.1. The van der Waals surface area contributed by atoms with Crippen LogP contribution in [-0.4, -0.2) is 31.0 Å². The van der Waals surface area contributed by atoms with Gasteiger partial charge in [0, 0.05) is 29.7 Å². The molecule has 0 saturated heterocycles. The molecule has 0 radical (unpaired) electrons. The average Bonchev–Trinajstić information content (AvgIpc) is 3.12. The Morgan fingerprint density at radius 2 is 2.23 bits per heavy atom. The third-order valence-corrected chi connectivity index (χ3v) is 4.72. The summed E-state index contributed by atoms with van der Waals surface area (Å²) in [5.41, 5.74) is 2.79. The second kappa shape index (κ2) is 5.21. The largest absolute Gasteiger partial charge is 0.346 e. The van der Waals surface area contributed by atoms with Crippen molar-refractivity contribution in [3.63, 3.8) is 0 Å². The Hall–Kier alpha value is -2.21. The highest BCUT2D eigenvalue weighted by molar-refractivity contribution is 7.03. The van der Waals surface area contributed by atoms with Crippen LogP contribution in [0.5, 0.6) is 0 Å². The van der Waals surface area contributed by atoms with Crippen LogP contribution in [0.1, 0.15) is 29.0 Å². The van der Waals surface area contributed by atoms with Gasteiger partial charge >= 0.3 is 0 Å². The lowest BCUT2D eigenvalue weighted by Gasteiger charge is -2.21. The molecule has 1 aliphatic rings. The lowest BCUT2D eigenvalue weighted by atomic mass is 10.2. The molecule has 0 unspecified atom stereocenters. The normalized spacial score (nSPS) is 14.4. The highest BCUT2D eigenvalue weighted by Gasteiger charge is 2.34. The molecule has 0 atom stereocenters. The van der Waals surface area contributed by atoms with E-state index in [4.69, 9.17) is 0 Å². The first kappa shape index (κ1) is 13.5. The average molecular weight is 312 g/mol. The van der Waals surface area contributed by atoms with Crippen LogP contribution in [0.3, 0.4) is 0 Å².